The zero-order valence-corrected chi connectivity index (χ0v) is 15.2. The molecule has 1 amide bonds. The largest absolute Gasteiger partial charge is 0.497 e. The van der Waals surface area contributed by atoms with Gasteiger partial charge in [0.15, 0.2) is 0 Å². The number of ether oxygens (including phenoxy) is 2. The number of anilines is 1. The van der Waals surface area contributed by atoms with Crippen molar-refractivity contribution in [1.29, 1.82) is 0 Å². The van der Waals surface area contributed by atoms with Crippen LogP contribution in [0.2, 0.25) is 0 Å². The van der Waals surface area contributed by atoms with Crippen LogP contribution < -0.4 is 14.8 Å². The number of imidazole rings is 1. The van der Waals surface area contributed by atoms with Gasteiger partial charge in [-0.1, -0.05) is 6.07 Å². The van der Waals surface area contributed by atoms with Crippen LogP contribution in [-0.4, -0.2) is 29.7 Å². The normalized spacial score (nSPS) is 15.7. The Morgan fingerprint density at radius 2 is 1.89 bits per heavy atom. The molecule has 0 spiro atoms. The summed E-state index contributed by atoms with van der Waals surface area (Å²) >= 11 is 0. The van der Waals surface area contributed by atoms with E-state index in [4.69, 9.17) is 9.47 Å². The Morgan fingerprint density at radius 1 is 1.14 bits per heavy atom. The van der Waals surface area contributed by atoms with Crippen molar-refractivity contribution in [3.8, 4) is 17.2 Å². The van der Waals surface area contributed by atoms with Gasteiger partial charge in [0, 0.05) is 24.0 Å². The molecule has 1 atom stereocenters. The van der Waals surface area contributed by atoms with Crippen molar-refractivity contribution in [2.45, 2.75) is 12.3 Å². The third-order valence-corrected chi connectivity index (χ3v) is 4.77. The van der Waals surface area contributed by atoms with E-state index in [2.05, 4.69) is 10.3 Å². The molecule has 28 heavy (non-hydrogen) atoms. The van der Waals surface area contributed by atoms with Crippen LogP contribution in [0, 0.1) is 11.6 Å². The standard InChI is InChI=1S/C20H17F2N3O3/c1-27-11-6-7-16(28-2)15(8-11)25-10-23-19-12(9-17(26)24-20(19)25)18-13(21)4-3-5-14(18)22/h3-8,10,12H,9H2,1-2H3,(H,24,26)/t12-/m0/s1. The Morgan fingerprint density at radius 3 is 2.57 bits per heavy atom. The second-order valence-corrected chi connectivity index (χ2v) is 6.33. The van der Waals surface area contributed by atoms with Gasteiger partial charge >= 0.3 is 0 Å². The number of methoxy groups -OCH3 is 2. The third-order valence-electron chi connectivity index (χ3n) is 4.77. The Balaban J connectivity index is 1.89. The highest BCUT2D eigenvalue weighted by Gasteiger charge is 2.34. The minimum Gasteiger partial charge on any atom is -0.497 e. The van der Waals surface area contributed by atoms with E-state index in [9.17, 15) is 13.6 Å². The molecule has 0 radical (unpaired) electrons. The molecule has 1 aliphatic heterocycles. The first-order valence-corrected chi connectivity index (χ1v) is 8.57. The Bertz CT molecular complexity index is 1040. The van der Waals surface area contributed by atoms with Crippen molar-refractivity contribution in [2.24, 2.45) is 0 Å². The second kappa shape index (κ2) is 6.95. The topological polar surface area (TPSA) is 65.4 Å². The van der Waals surface area contributed by atoms with Crippen molar-refractivity contribution in [3.05, 3.63) is 65.6 Å². The average Bonchev–Trinajstić information content (AvgIpc) is 3.10. The Hall–Kier alpha value is -3.42. The number of halogens is 2. The highest BCUT2D eigenvalue weighted by Crippen LogP contribution is 2.40. The SMILES string of the molecule is COc1ccc(OC)c(-n2cnc3c2NC(=O)C[C@H]3c2c(F)cccc2F)c1. The van der Waals surface area contributed by atoms with E-state index in [-0.39, 0.29) is 17.9 Å². The fraction of sp³-hybridized carbons (Fsp3) is 0.200. The molecule has 3 aromatic rings. The van der Waals surface area contributed by atoms with Crippen molar-refractivity contribution in [1.82, 2.24) is 9.55 Å². The second-order valence-electron chi connectivity index (χ2n) is 6.33. The maximum absolute atomic E-state index is 14.4. The van der Waals surface area contributed by atoms with Crippen LogP contribution in [0.5, 0.6) is 11.5 Å². The van der Waals surface area contributed by atoms with Gasteiger partial charge in [0.2, 0.25) is 5.91 Å². The van der Waals surface area contributed by atoms with Crippen molar-refractivity contribution >= 4 is 11.7 Å². The highest BCUT2D eigenvalue weighted by atomic mass is 19.1. The van der Waals surface area contributed by atoms with E-state index in [0.29, 0.717) is 28.7 Å². The fourth-order valence-electron chi connectivity index (χ4n) is 3.46. The number of aromatic nitrogens is 2. The monoisotopic (exact) mass is 385 g/mol. The fourth-order valence-corrected chi connectivity index (χ4v) is 3.46. The summed E-state index contributed by atoms with van der Waals surface area (Å²) in [5.41, 5.74) is 0.792. The van der Waals surface area contributed by atoms with Gasteiger partial charge in [0.25, 0.3) is 0 Å². The zero-order valence-electron chi connectivity index (χ0n) is 15.2. The smallest absolute Gasteiger partial charge is 0.226 e. The quantitative estimate of drug-likeness (QED) is 0.745. The molecule has 0 unspecified atom stereocenters. The summed E-state index contributed by atoms with van der Waals surface area (Å²) < 4.78 is 41.0. The van der Waals surface area contributed by atoms with E-state index >= 15 is 0 Å². The van der Waals surface area contributed by atoms with E-state index in [1.165, 1.54) is 38.7 Å². The molecule has 0 fully saturated rings. The summed E-state index contributed by atoms with van der Waals surface area (Å²) in [5, 5.41) is 2.75. The van der Waals surface area contributed by atoms with Crippen LogP contribution in [0.15, 0.2) is 42.7 Å². The molecule has 1 aromatic heterocycles. The summed E-state index contributed by atoms with van der Waals surface area (Å²) in [7, 11) is 3.05. The van der Waals surface area contributed by atoms with Gasteiger partial charge < -0.3 is 14.8 Å². The average molecular weight is 385 g/mol. The summed E-state index contributed by atoms with van der Waals surface area (Å²) in [6, 6.07) is 8.82. The number of fused-ring (bicyclic) bond motifs is 1. The predicted molar refractivity (Wildman–Crippen MR) is 98.1 cm³/mol. The van der Waals surface area contributed by atoms with E-state index in [1.807, 2.05) is 0 Å². The first-order valence-electron chi connectivity index (χ1n) is 8.57. The van der Waals surface area contributed by atoms with Gasteiger partial charge in [-0.25, -0.2) is 13.8 Å². The van der Waals surface area contributed by atoms with Crippen LogP contribution in [0.4, 0.5) is 14.6 Å². The van der Waals surface area contributed by atoms with Crippen LogP contribution in [-0.2, 0) is 4.79 Å². The molecule has 6 nitrogen and oxygen atoms in total. The lowest BCUT2D eigenvalue weighted by molar-refractivity contribution is -0.116. The Labute approximate surface area is 159 Å². The molecule has 0 aliphatic carbocycles. The maximum atomic E-state index is 14.4. The minimum atomic E-state index is -0.831. The molecular formula is C20H17F2N3O3. The molecule has 2 aromatic carbocycles. The number of nitrogens with zero attached hydrogens (tertiary/aromatic N) is 2. The third kappa shape index (κ3) is 2.87. The van der Waals surface area contributed by atoms with Gasteiger partial charge in [-0.15, -0.1) is 0 Å². The summed E-state index contributed by atoms with van der Waals surface area (Å²) in [6.07, 6.45) is 1.39. The minimum absolute atomic E-state index is 0.100. The first kappa shape index (κ1) is 18.0. The molecule has 2 heterocycles. The Kier molecular flexibility index (Phi) is 4.46. The highest BCUT2D eigenvalue weighted by molar-refractivity contribution is 5.94. The molecule has 144 valence electrons. The summed E-state index contributed by atoms with van der Waals surface area (Å²) in [4.78, 5) is 16.7. The van der Waals surface area contributed by atoms with Crippen LogP contribution in [0.3, 0.4) is 0 Å². The number of hydrogen-bond acceptors (Lipinski definition) is 4. The maximum Gasteiger partial charge on any atom is 0.226 e. The number of amides is 1. The molecule has 4 rings (SSSR count). The van der Waals surface area contributed by atoms with Crippen molar-refractivity contribution < 1.29 is 23.0 Å². The van der Waals surface area contributed by atoms with Gasteiger partial charge in [0.05, 0.1) is 25.6 Å². The van der Waals surface area contributed by atoms with Crippen LogP contribution >= 0.6 is 0 Å². The molecule has 0 bridgehead atoms. The molecule has 1 N–H and O–H groups in total. The number of carbonyl (C=O) groups is 1. The molecule has 0 saturated heterocycles. The van der Waals surface area contributed by atoms with Gasteiger partial charge in [0.1, 0.15) is 35.3 Å². The van der Waals surface area contributed by atoms with Crippen molar-refractivity contribution in [2.75, 3.05) is 19.5 Å². The number of benzene rings is 2. The van der Waals surface area contributed by atoms with Crippen LogP contribution in [0.25, 0.3) is 5.69 Å². The number of nitrogens with one attached hydrogen (secondary N) is 1. The van der Waals surface area contributed by atoms with Gasteiger partial charge in [-0.3, -0.25) is 9.36 Å². The van der Waals surface area contributed by atoms with E-state index in [0.717, 1.165) is 0 Å². The van der Waals surface area contributed by atoms with E-state index < -0.39 is 17.6 Å². The van der Waals surface area contributed by atoms with Gasteiger partial charge in [-0.2, -0.15) is 0 Å². The predicted octanol–water partition coefficient (Wildman–Crippen LogP) is 3.64. The molecule has 1 aliphatic rings. The summed E-state index contributed by atoms with van der Waals surface area (Å²) in [5.74, 6) is -1.16. The lowest BCUT2D eigenvalue weighted by Crippen LogP contribution is -2.26. The van der Waals surface area contributed by atoms with Crippen LogP contribution in [0.1, 0.15) is 23.6 Å². The number of carbonyl (C=O) groups excluding carboxylic acids is 1. The van der Waals surface area contributed by atoms with E-state index in [1.54, 1.807) is 22.8 Å². The van der Waals surface area contributed by atoms with Crippen molar-refractivity contribution in [3.63, 3.8) is 0 Å². The molecule has 0 saturated carbocycles. The molecule has 8 heteroatoms. The summed E-state index contributed by atoms with van der Waals surface area (Å²) in [6.45, 7) is 0. The zero-order chi connectivity index (χ0) is 19.8. The lowest BCUT2D eigenvalue weighted by atomic mass is 9.89. The van der Waals surface area contributed by atoms with Gasteiger partial charge in [-0.05, 0) is 24.3 Å². The number of hydrogen-bond donors (Lipinski definition) is 1. The number of rotatable bonds is 4. The lowest BCUT2D eigenvalue weighted by Gasteiger charge is -2.24. The molecular weight excluding hydrogens is 368 g/mol. The first-order chi connectivity index (χ1) is 13.5.